The van der Waals surface area contributed by atoms with Crippen molar-refractivity contribution in [3.8, 4) is 5.75 Å². The Morgan fingerprint density at radius 3 is 2.40 bits per heavy atom. The number of ether oxygens (including phenoxy) is 2. The molecule has 2 rings (SSSR count). The minimum absolute atomic E-state index is 0.0623. The van der Waals surface area contributed by atoms with Gasteiger partial charge in [-0.2, -0.15) is 8.78 Å². The lowest BCUT2D eigenvalue weighted by Crippen LogP contribution is -2.22. The Morgan fingerprint density at radius 1 is 1.25 bits per heavy atom. The van der Waals surface area contributed by atoms with E-state index in [9.17, 15) is 8.78 Å². The van der Waals surface area contributed by atoms with Crippen LogP contribution in [-0.4, -0.2) is 26.4 Å². The molecule has 1 fully saturated rings. The molecule has 0 aromatic heterocycles. The number of hydrogen-bond acceptors (Lipinski definition) is 3. The van der Waals surface area contributed by atoms with E-state index in [1.807, 2.05) is 0 Å². The quantitative estimate of drug-likeness (QED) is 0.868. The minimum atomic E-state index is -2.95. The summed E-state index contributed by atoms with van der Waals surface area (Å²) in [5.41, 5.74) is 0.688. The van der Waals surface area contributed by atoms with E-state index >= 15 is 0 Å². The Labute approximate surface area is 126 Å². The van der Waals surface area contributed by atoms with Crippen LogP contribution in [0.25, 0.3) is 0 Å². The molecule has 1 heterocycles. The monoisotopic (exact) mass is 325 g/mol. The molecule has 0 radical (unpaired) electrons. The zero-order valence-electron chi connectivity index (χ0n) is 10.7. The molecule has 1 N–H and O–H groups in total. The summed E-state index contributed by atoms with van der Waals surface area (Å²) in [7, 11) is 0. The molecule has 0 atom stereocenters. The number of nitrogens with one attached hydrogen (secondary N) is 1. The zero-order chi connectivity index (χ0) is 14.5. The van der Waals surface area contributed by atoms with Crippen LogP contribution in [0.4, 0.5) is 14.5 Å². The molecule has 0 spiro atoms. The third-order valence-corrected chi connectivity index (χ3v) is 3.70. The van der Waals surface area contributed by atoms with Crippen molar-refractivity contribution in [1.82, 2.24) is 0 Å². The third-order valence-electron chi connectivity index (χ3n) is 3.14. The van der Waals surface area contributed by atoms with Gasteiger partial charge >= 0.3 is 6.61 Å². The summed E-state index contributed by atoms with van der Waals surface area (Å²) in [6.45, 7) is -0.638. The Balaban J connectivity index is 1.98. The summed E-state index contributed by atoms with van der Waals surface area (Å²) in [6.07, 6.45) is 2.00. The smallest absolute Gasteiger partial charge is 0.387 e. The molecule has 1 aromatic carbocycles. The summed E-state index contributed by atoms with van der Waals surface area (Å²) in [5.74, 6) is 0.332. The zero-order valence-corrected chi connectivity index (χ0v) is 12.2. The molecule has 0 amide bonds. The van der Waals surface area contributed by atoms with Crippen LogP contribution in [0.15, 0.2) is 12.1 Å². The predicted molar refractivity (Wildman–Crippen MR) is 75.1 cm³/mol. The van der Waals surface area contributed by atoms with Crippen LogP contribution in [0, 0.1) is 5.92 Å². The molecule has 20 heavy (non-hydrogen) atoms. The van der Waals surface area contributed by atoms with Crippen molar-refractivity contribution in [2.75, 3.05) is 25.1 Å². The molecule has 1 aliphatic heterocycles. The van der Waals surface area contributed by atoms with E-state index in [1.54, 1.807) is 0 Å². The van der Waals surface area contributed by atoms with Gasteiger partial charge in [0.05, 0.1) is 10.0 Å². The summed E-state index contributed by atoms with van der Waals surface area (Å²) in [5, 5.41) is 3.33. The molecule has 0 saturated carbocycles. The first-order valence-corrected chi connectivity index (χ1v) is 7.07. The van der Waals surface area contributed by atoms with E-state index in [0.29, 0.717) is 11.6 Å². The van der Waals surface area contributed by atoms with Crippen LogP contribution in [0.2, 0.25) is 10.0 Å². The lowest BCUT2D eigenvalue weighted by molar-refractivity contribution is -0.0497. The van der Waals surface area contributed by atoms with Gasteiger partial charge in [0.1, 0.15) is 0 Å². The van der Waals surface area contributed by atoms with E-state index < -0.39 is 6.61 Å². The van der Waals surface area contributed by atoms with Crippen molar-refractivity contribution >= 4 is 28.9 Å². The number of halogens is 4. The van der Waals surface area contributed by atoms with Gasteiger partial charge < -0.3 is 14.8 Å². The Kier molecular flexibility index (Phi) is 5.69. The topological polar surface area (TPSA) is 30.5 Å². The highest BCUT2D eigenvalue weighted by Gasteiger charge is 2.16. The average molecular weight is 326 g/mol. The van der Waals surface area contributed by atoms with Crippen molar-refractivity contribution in [3.05, 3.63) is 22.2 Å². The molecule has 1 aliphatic rings. The van der Waals surface area contributed by atoms with Crippen LogP contribution in [0.5, 0.6) is 5.75 Å². The number of hydrogen-bond donors (Lipinski definition) is 1. The van der Waals surface area contributed by atoms with Gasteiger partial charge in [-0.3, -0.25) is 0 Å². The maximum atomic E-state index is 12.2. The molecular weight excluding hydrogens is 311 g/mol. The second-order valence-electron chi connectivity index (χ2n) is 4.58. The maximum Gasteiger partial charge on any atom is 0.387 e. The normalized spacial score (nSPS) is 16.4. The van der Waals surface area contributed by atoms with Gasteiger partial charge in [0.15, 0.2) is 5.75 Å². The summed E-state index contributed by atoms with van der Waals surface area (Å²) >= 11 is 11.8. The summed E-state index contributed by atoms with van der Waals surface area (Å²) in [6, 6.07) is 3.06. The Bertz CT molecular complexity index is 431. The predicted octanol–water partition coefficient (Wildman–Crippen LogP) is 4.43. The van der Waals surface area contributed by atoms with Gasteiger partial charge in [-0.05, 0) is 30.9 Å². The maximum absolute atomic E-state index is 12.2. The van der Waals surface area contributed by atoms with Crippen LogP contribution >= 0.6 is 23.2 Å². The van der Waals surface area contributed by atoms with Crippen LogP contribution in [0.3, 0.4) is 0 Å². The molecule has 0 unspecified atom stereocenters. The van der Waals surface area contributed by atoms with E-state index in [0.717, 1.165) is 32.6 Å². The fourth-order valence-corrected chi connectivity index (χ4v) is 2.65. The second kappa shape index (κ2) is 7.29. The van der Waals surface area contributed by atoms with Crippen molar-refractivity contribution < 1.29 is 18.3 Å². The molecule has 0 aliphatic carbocycles. The van der Waals surface area contributed by atoms with Crippen molar-refractivity contribution in [1.29, 1.82) is 0 Å². The fourth-order valence-electron chi connectivity index (χ4n) is 2.08. The largest absolute Gasteiger partial charge is 0.432 e. The number of alkyl halides is 2. The number of rotatable bonds is 5. The molecule has 3 nitrogen and oxygen atoms in total. The second-order valence-corrected chi connectivity index (χ2v) is 5.40. The Hall–Kier alpha value is -0.780. The SMILES string of the molecule is FC(F)Oc1c(Cl)cc(NCC2CCOCC2)cc1Cl. The van der Waals surface area contributed by atoms with Crippen LogP contribution in [-0.2, 0) is 4.74 Å². The fraction of sp³-hybridized carbons (Fsp3) is 0.538. The molecular formula is C13H15Cl2F2NO2. The summed E-state index contributed by atoms with van der Waals surface area (Å²) in [4.78, 5) is 0. The first-order chi connectivity index (χ1) is 9.56. The van der Waals surface area contributed by atoms with Crippen molar-refractivity contribution in [2.24, 2.45) is 5.92 Å². The number of anilines is 1. The van der Waals surface area contributed by atoms with E-state index in [2.05, 4.69) is 10.1 Å². The minimum Gasteiger partial charge on any atom is -0.432 e. The van der Waals surface area contributed by atoms with Gasteiger partial charge in [-0.1, -0.05) is 23.2 Å². The first kappa shape index (κ1) is 15.6. The van der Waals surface area contributed by atoms with Crippen LogP contribution in [0.1, 0.15) is 12.8 Å². The van der Waals surface area contributed by atoms with E-state index in [1.165, 1.54) is 12.1 Å². The average Bonchev–Trinajstić information content (AvgIpc) is 2.41. The first-order valence-electron chi connectivity index (χ1n) is 6.31. The number of benzene rings is 1. The Morgan fingerprint density at radius 2 is 1.85 bits per heavy atom. The third kappa shape index (κ3) is 4.36. The standard InChI is InChI=1S/C13H15Cl2F2NO2/c14-10-5-9(6-11(15)12(10)20-13(16)17)18-7-8-1-3-19-4-2-8/h5-6,8,13,18H,1-4,7H2. The van der Waals surface area contributed by atoms with Crippen molar-refractivity contribution in [2.45, 2.75) is 19.5 Å². The van der Waals surface area contributed by atoms with Gasteiger partial charge in [-0.25, -0.2) is 0 Å². The van der Waals surface area contributed by atoms with Gasteiger partial charge in [-0.15, -0.1) is 0 Å². The van der Waals surface area contributed by atoms with Crippen molar-refractivity contribution in [3.63, 3.8) is 0 Å². The van der Waals surface area contributed by atoms with E-state index in [-0.39, 0.29) is 15.8 Å². The van der Waals surface area contributed by atoms with E-state index in [4.69, 9.17) is 27.9 Å². The van der Waals surface area contributed by atoms with Gasteiger partial charge in [0.25, 0.3) is 0 Å². The highest BCUT2D eigenvalue weighted by molar-refractivity contribution is 6.37. The lowest BCUT2D eigenvalue weighted by atomic mass is 10.0. The van der Waals surface area contributed by atoms with Gasteiger partial charge in [0, 0.05) is 25.4 Å². The molecule has 112 valence electrons. The lowest BCUT2D eigenvalue weighted by Gasteiger charge is -2.23. The summed E-state index contributed by atoms with van der Waals surface area (Å²) < 4.78 is 34.0. The van der Waals surface area contributed by atoms with Gasteiger partial charge in [0.2, 0.25) is 0 Å². The van der Waals surface area contributed by atoms with Crippen LogP contribution < -0.4 is 10.1 Å². The molecule has 1 aromatic rings. The highest BCUT2D eigenvalue weighted by Crippen LogP contribution is 2.37. The molecule has 1 saturated heterocycles. The molecule has 7 heteroatoms. The molecule has 0 bridgehead atoms. The highest BCUT2D eigenvalue weighted by atomic mass is 35.5.